The van der Waals surface area contributed by atoms with E-state index in [1.165, 1.54) is 13.2 Å². The fourth-order valence-electron chi connectivity index (χ4n) is 1.08. The highest BCUT2D eigenvalue weighted by Crippen LogP contribution is 2.30. The summed E-state index contributed by atoms with van der Waals surface area (Å²) in [5.41, 5.74) is 0.296. The van der Waals surface area contributed by atoms with Gasteiger partial charge in [-0.25, -0.2) is 0 Å². The SMILES string of the molecule is COc1c(Br)cccc1CS(=O)(=O)F. The number of halogens is 2. The Morgan fingerprint density at radius 2 is 2.14 bits per heavy atom. The second-order valence-electron chi connectivity index (χ2n) is 2.62. The second-order valence-corrected chi connectivity index (χ2v) is 4.84. The van der Waals surface area contributed by atoms with E-state index in [0.717, 1.165) is 0 Å². The van der Waals surface area contributed by atoms with Crippen LogP contribution in [0.3, 0.4) is 0 Å². The Bertz CT molecular complexity index is 430. The Kier molecular flexibility index (Phi) is 3.49. The van der Waals surface area contributed by atoms with E-state index in [-0.39, 0.29) is 0 Å². The molecule has 0 bridgehead atoms. The second kappa shape index (κ2) is 4.27. The van der Waals surface area contributed by atoms with Crippen LogP contribution < -0.4 is 4.74 Å². The van der Waals surface area contributed by atoms with Crippen LogP contribution in [0.4, 0.5) is 3.89 Å². The van der Waals surface area contributed by atoms with Gasteiger partial charge in [0, 0.05) is 5.56 Å². The van der Waals surface area contributed by atoms with Crippen molar-refractivity contribution in [2.24, 2.45) is 0 Å². The molecule has 0 spiro atoms. The van der Waals surface area contributed by atoms with E-state index in [2.05, 4.69) is 15.9 Å². The number of ether oxygens (including phenoxy) is 1. The van der Waals surface area contributed by atoms with E-state index < -0.39 is 16.0 Å². The predicted molar refractivity (Wildman–Crippen MR) is 54.4 cm³/mol. The van der Waals surface area contributed by atoms with Gasteiger partial charge in [-0.3, -0.25) is 0 Å². The van der Waals surface area contributed by atoms with Gasteiger partial charge in [0.2, 0.25) is 0 Å². The topological polar surface area (TPSA) is 43.4 Å². The number of para-hydroxylation sites is 1. The molecule has 6 heteroatoms. The Balaban J connectivity index is 3.15. The minimum atomic E-state index is -4.53. The Morgan fingerprint density at radius 1 is 1.50 bits per heavy atom. The normalized spacial score (nSPS) is 11.4. The zero-order valence-electron chi connectivity index (χ0n) is 7.33. The molecule has 0 N–H and O–H groups in total. The first-order chi connectivity index (χ1) is 6.44. The van der Waals surface area contributed by atoms with Crippen molar-refractivity contribution in [2.75, 3.05) is 7.11 Å². The summed E-state index contributed by atoms with van der Waals surface area (Å²) < 4.78 is 38.9. The average molecular weight is 283 g/mol. The molecular weight excluding hydrogens is 275 g/mol. The van der Waals surface area contributed by atoms with E-state index in [1.807, 2.05) is 0 Å². The molecule has 0 saturated heterocycles. The molecule has 0 unspecified atom stereocenters. The summed E-state index contributed by atoms with van der Waals surface area (Å²) in [5.74, 6) is -0.330. The van der Waals surface area contributed by atoms with E-state index in [9.17, 15) is 12.3 Å². The van der Waals surface area contributed by atoms with Crippen molar-refractivity contribution >= 4 is 26.2 Å². The van der Waals surface area contributed by atoms with Crippen molar-refractivity contribution in [3.63, 3.8) is 0 Å². The van der Waals surface area contributed by atoms with Crippen LogP contribution in [0.25, 0.3) is 0 Å². The molecule has 0 aliphatic rings. The van der Waals surface area contributed by atoms with Crippen LogP contribution in [0.15, 0.2) is 22.7 Å². The van der Waals surface area contributed by atoms with Crippen LogP contribution in [0.2, 0.25) is 0 Å². The predicted octanol–water partition coefficient (Wildman–Crippen LogP) is 2.26. The van der Waals surface area contributed by atoms with Crippen LogP contribution in [0.5, 0.6) is 5.75 Å². The standard InChI is InChI=1S/C8H8BrFO3S/c1-13-8-6(5-14(10,11)12)3-2-4-7(8)9/h2-4H,5H2,1H3. The van der Waals surface area contributed by atoms with E-state index in [4.69, 9.17) is 4.74 Å². The zero-order chi connectivity index (χ0) is 10.8. The van der Waals surface area contributed by atoms with Crippen molar-refractivity contribution < 1.29 is 17.0 Å². The van der Waals surface area contributed by atoms with Gasteiger partial charge < -0.3 is 4.74 Å². The fourth-order valence-corrected chi connectivity index (χ4v) is 2.25. The highest BCUT2D eigenvalue weighted by atomic mass is 79.9. The molecule has 0 aromatic heterocycles. The Morgan fingerprint density at radius 3 is 2.64 bits per heavy atom. The zero-order valence-corrected chi connectivity index (χ0v) is 9.73. The van der Waals surface area contributed by atoms with Crippen molar-refractivity contribution in [1.82, 2.24) is 0 Å². The number of rotatable bonds is 3. The minimum Gasteiger partial charge on any atom is -0.495 e. The molecule has 0 atom stereocenters. The summed E-state index contributed by atoms with van der Waals surface area (Å²) >= 11 is 3.17. The molecule has 1 aromatic rings. The van der Waals surface area contributed by atoms with E-state index in [0.29, 0.717) is 15.8 Å². The maximum atomic E-state index is 12.4. The van der Waals surface area contributed by atoms with Gasteiger partial charge in [0.25, 0.3) is 0 Å². The smallest absolute Gasteiger partial charge is 0.306 e. The molecule has 1 rings (SSSR count). The molecule has 0 radical (unpaired) electrons. The highest BCUT2D eigenvalue weighted by molar-refractivity contribution is 9.10. The van der Waals surface area contributed by atoms with Gasteiger partial charge in [0.05, 0.1) is 11.6 Å². The first-order valence-electron chi connectivity index (χ1n) is 3.68. The molecule has 0 aliphatic heterocycles. The maximum absolute atomic E-state index is 12.4. The van der Waals surface area contributed by atoms with Crippen LogP contribution in [-0.2, 0) is 16.0 Å². The van der Waals surface area contributed by atoms with Crippen molar-refractivity contribution in [3.05, 3.63) is 28.2 Å². The molecule has 14 heavy (non-hydrogen) atoms. The van der Waals surface area contributed by atoms with Crippen LogP contribution in [0.1, 0.15) is 5.56 Å². The summed E-state index contributed by atoms with van der Waals surface area (Å²) in [4.78, 5) is 0. The van der Waals surface area contributed by atoms with Gasteiger partial charge in [-0.05, 0) is 22.0 Å². The molecule has 0 saturated carbocycles. The summed E-state index contributed by atoms with van der Waals surface area (Å²) in [6.07, 6.45) is 0. The number of hydrogen-bond donors (Lipinski definition) is 0. The highest BCUT2D eigenvalue weighted by Gasteiger charge is 2.14. The lowest BCUT2D eigenvalue weighted by atomic mass is 10.2. The van der Waals surface area contributed by atoms with Crippen molar-refractivity contribution in [2.45, 2.75) is 5.75 Å². The summed E-state index contributed by atoms with van der Waals surface area (Å²) in [7, 11) is -3.13. The molecule has 78 valence electrons. The third kappa shape index (κ3) is 2.95. The van der Waals surface area contributed by atoms with Crippen molar-refractivity contribution in [3.8, 4) is 5.75 Å². The molecule has 0 aliphatic carbocycles. The summed E-state index contributed by atoms with van der Waals surface area (Å²) in [5, 5.41) is 0. The molecule has 3 nitrogen and oxygen atoms in total. The molecule has 0 fully saturated rings. The van der Waals surface area contributed by atoms with Crippen LogP contribution >= 0.6 is 15.9 Å². The lowest BCUT2D eigenvalue weighted by Gasteiger charge is -2.07. The summed E-state index contributed by atoms with van der Waals surface area (Å²) in [6, 6.07) is 4.81. The number of methoxy groups -OCH3 is 1. The van der Waals surface area contributed by atoms with Crippen LogP contribution in [-0.4, -0.2) is 15.5 Å². The lowest BCUT2D eigenvalue weighted by molar-refractivity contribution is 0.408. The van der Waals surface area contributed by atoms with Crippen LogP contribution in [0, 0.1) is 0 Å². The van der Waals surface area contributed by atoms with Gasteiger partial charge in [0.15, 0.2) is 0 Å². The first-order valence-corrected chi connectivity index (χ1v) is 6.02. The van der Waals surface area contributed by atoms with E-state index >= 15 is 0 Å². The molecule has 0 amide bonds. The largest absolute Gasteiger partial charge is 0.495 e. The maximum Gasteiger partial charge on any atom is 0.306 e. The molecular formula is C8H8BrFO3S. The number of hydrogen-bond acceptors (Lipinski definition) is 3. The van der Waals surface area contributed by atoms with Gasteiger partial charge in [-0.1, -0.05) is 12.1 Å². The lowest BCUT2D eigenvalue weighted by Crippen LogP contribution is -1.99. The van der Waals surface area contributed by atoms with Gasteiger partial charge in [0.1, 0.15) is 11.5 Å². The van der Waals surface area contributed by atoms with E-state index in [1.54, 1.807) is 12.1 Å². The first kappa shape index (κ1) is 11.5. The summed E-state index contributed by atoms with van der Waals surface area (Å²) in [6.45, 7) is 0. The fraction of sp³-hybridized carbons (Fsp3) is 0.250. The third-order valence-corrected chi connectivity index (χ3v) is 2.86. The van der Waals surface area contributed by atoms with Gasteiger partial charge in [-0.2, -0.15) is 8.42 Å². The van der Waals surface area contributed by atoms with Gasteiger partial charge in [-0.15, -0.1) is 3.89 Å². The van der Waals surface area contributed by atoms with Gasteiger partial charge >= 0.3 is 10.2 Å². The average Bonchev–Trinajstić information content (AvgIpc) is 2.01. The Labute approximate surface area is 90.2 Å². The third-order valence-electron chi connectivity index (χ3n) is 1.58. The number of benzene rings is 1. The molecule has 0 heterocycles. The minimum absolute atomic E-state index is 0.296. The Hall–Kier alpha value is -0.620. The van der Waals surface area contributed by atoms with Crippen molar-refractivity contribution in [1.29, 1.82) is 0 Å². The quantitative estimate of drug-likeness (QED) is 0.799. The molecule has 1 aromatic carbocycles. The monoisotopic (exact) mass is 282 g/mol.